The van der Waals surface area contributed by atoms with Crippen molar-refractivity contribution >= 4 is 45.3 Å². The molecule has 0 amide bonds. The molecule has 4 heteroatoms. The zero-order chi connectivity index (χ0) is 10.7. The zero-order valence-corrected chi connectivity index (χ0v) is 12.2. The number of thiophene rings is 2. The van der Waals surface area contributed by atoms with Crippen molar-refractivity contribution in [2.45, 2.75) is 12.5 Å². The summed E-state index contributed by atoms with van der Waals surface area (Å²) < 4.78 is 1.35. The van der Waals surface area contributed by atoms with Gasteiger partial charge in [0.25, 0.3) is 0 Å². The molecule has 0 fully saturated rings. The van der Waals surface area contributed by atoms with Crippen LogP contribution in [0.25, 0.3) is 0 Å². The maximum atomic E-state index is 3.38. The van der Waals surface area contributed by atoms with Gasteiger partial charge in [-0.15, -0.1) is 11.3 Å². The van der Waals surface area contributed by atoms with Crippen molar-refractivity contribution in [3.8, 4) is 0 Å². The standard InChI is InChI=1S/C11H12INS2/c1-13-10(4-8-2-3-14-6-8)9-5-11(12)15-7-9/h2-3,5-7,10,13H,4H2,1H3. The summed E-state index contributed by atoms with van der Waals surface area (Å²) in [5.41, 5.74) is 2.82. The van der Waals surface area contributed by atoms with Gasteiger partial charge in [0.15, 0.2) is 0 Å². The van der Waals surface area contributed by atoms with Crippen molar-refractivity contribution in [3.63, 3.8) is 0 Å². The van der Waals surface area contributed by atoms with Gasteiger partial charge in [-0.2, -0.15) is 11.3 Å². The topological polar surface area (TPSA) is 12.0 Å². The Balaban J connectivity index is 2.11. The van der Waals surface area contributed by atoms with Crippen molar-refractivity contribution in [1.29, 1.82) is 0 Å². The Morgan fingerprint density at radius 2 is 2.33 bits per heavy atom. The largest absolute Gasteiger partial charge is 0.313 e. The van der Waals surface area contributed by atoms with E-state index in [2.05, 4.69) is 56.2 Å². The van der Waals surface area contributed by atoms with Gasteiger partial charge in [0, 0.05) is 6.04 Å². The van der Waals surface area contributed by atoms with E-state index < -0.39 is 0 Å². The van der Waals surface area contributed by atoms with Crippen LogP contribution >= 0.6 is 45.3 Å². The molecular formula is C11H12INS2. The van der Waals surface area contributed by atoms with E-state index >= 15 is 0 Å². The Hall–Kier alpha value is 0.0900. The second-order valence-corrected chi connectivity index (χ2v) is 6.95. The molecule has 2 heterocycles. The average molecular weight is 349 g/mol. The van der Waals surface area contributed by atoms with Gasteiger partial charge in [-0.05, 0) is 75.5 Å². The molecule has 0 saturated heterocycles. The predicted octanol–water partition coefficient (Wildman–Crippen LogP) is 3.92. The molecule has 80 valence electrons. The van der Waals surface area contributed by atoms with E-state index in [-0.39, 0.29) is 0 Å². The third kappa shape index (κ3) is 3.03. The highest BCUT2D eigenvalue weighted by atomic mass is 127. The first-order chi connectivity index (χ1) is 7.29. The van der Waals surface area contributed by atoms with Gasteiger partial charge in [0.2, 0.25) is 0 Å². The van der Waals surface area contributed by atoms with Gasteiger partial charge in [-0.25, -0.2) is 0 Å². The first-order valence-electron chi connectivity index (χ1n) is 4.72. The lowest BCUT2D eigenvalue weighted by atomic mass is 10.0. The smallest absolute Gasteiger partial charge is 0.0656 e. The van der Waals surface area contributed by atoms with Crippen LogP contribution in [0.5, 0.6) is 0 Å². The molecule has 0 aliphatic heterocycles. The minimum Gasteiger partial charge on any atom is -0.313 e. The average Bonchev–Trinajstić information content (AvgIpc) is 2.85. The number of rotatable bonds is 4. The summed E-state index contributed by atoms with van der Waals surface area (Å²) in [5, 5.41) is 9.99. The summed E-state index contributed by atoms with van der Waals surface area (Å²) in [6, 6.07) is 4.91. The highest BCUT2D eigenvalue weighted by Gasteiger charge is 2.11. The summed E-state index contributed by atoms with van der Waals surface area (Å²) in [6.45, 7) is 0. The first-order valence-corrected chi connectivity index (χ1v) is 7.62. The molecule has 0 aliphatic rings. The first kappa shape index (κ1) is 11.6. The molecule has 1 nitrogen and oxygen atoms in total. The van der Waals surface area contributed by atoms with Crippen LogP contribution in [0.1, 0.15) is 17.2 Å². The summed E-state index contributed by atoms with van der Waals surface area (Å²) in [7, 11) is 2.03. The Morgan fingerprint density at radius 1 is 1.47 bits per heavy atom. The third-order valence-corrected chi connectivity index (χ3v) is 4.90. The van der Waals surface area contributed by atoms with Gasteiger partial charge in [0.05, 0.1) is 2.88 Å². The molecule has 0 bridgehead atoms. The van der Waals surface area contributed by atoms with Gasteiger partial charge < -0.3 is 5.32 Å². The molecule has 2 rings (SSSR count). The molecule has 1 N–H and O–H groups in total. The molecule has 2 aromatic heterocycles. The summed E-state index contributed by atoms with van der Waals surface area (Å²) >= 11 is 5.95. The summed E-state index contributed by atoms with van der Waals surface area (Å²) in [6.07, 6.45) is 1.08. The Kier molecular flexibility index (Phi) is 4.19. The van der Waals surface area contributed by atoms with E-state index in [1.165, 1.54) is 14.0 Å². The van der Waals surface area contributed by atoms with E-state index in [1.807, 2.05) is 18.4 Å². The number of nitrogens with one attached hydrogen (secondary N) is 1. The Morgan fingerprint density at radius 3 is 2.87 bits per heavy atom. The van der Waals surface area contributed by atoms with Crippen molar-refractivity contribution in [3.05, 3.63) is 42.3 Å². The van der Waals surface area contributed by atoms with E-state index in [1.54, 1.807) is 11.3 Å². The lowest BCUT2D eigenvalue weighted by molar-refractivity contribution is 0.594. The molecule has 0 spiro atoms. The van der Waals surface area contributed by atoms with Crippen molar-refractivity contribution in [2.24, 2.45) is 0 Å². The Bertz CT molecular complexity index is 408. The molecule has 1 unspecified atom stereocenters. The molecular weight excluding hydrogens is 337 g/mol. The fourth-order valence-corrected chi connectivity index (χ4v) is 3.64. The molecule has 0 aromatic carbocycles. The normalized spacial score (nSPS) is 12.9. The predicted molar refractivity (Wildman–Crippen MR) is 76.9 cm³/mol. The van der Waals surface area contributed by atoms with Gasteiger partial charge >= 0.3 is 0 Å². The quantitative estimate of drug-likeness (QED) is 0.825. The molecule has 2 aromatic rings. The van der Waals surface area contributed by atoms with Crippen LogP contribution in [0.4, 0.5) is 0 Å². The molecule has 0 radical (unpaired) electrons. The Labute approximate surface area is 112 Å². The maximum absolute atomic E-state index is 3.38. The van der Waals surface area contributed by atoms with Crippen LogP contribution in [-0.2, 0) is 6.42 Å². The minimum atomic E-state index is 0.444. The number of hydrogen-bond acceptors (Lipinski definition) is 3. The maximum Gasteiger partial charge on any atom is 0.0656 e. The lowest BCUT2D eigenvalue weighted by Gasteiger charge is -2.13. The van der Waals surface area contributed by atoms with E-state index in [9.17, 15) is 0 Å². The number of halogens is 1. The van der Waals surface area contributed by atoms with E-state index in [0.29, 0.717) is 6.04 Å². The van der Waals surface area contributed by atoms with Crippen LogP contribution in [0.3, 0.4) is 0 Å². The van der Waals surface area contributed by atoms with Crippen LogP contribution in [0.2, 0.25) is 0 Å². The SMILES string of the molecule is CNC(Cc1ccsc1)c1csc(I)c1. The second-order valence-electron chi connectivity index (χ2n) is 3.36. The van der Waals surface area contributed by atoms with E-state index in [0.717, 1.165) is 6.42 Å². The molecule has 0 saturated carbocycles. The van der Waals surface area contributed by atoms with Crippen LogP contribution in [0, 0.1) is 2.88 Å². The van der Waals surface area contributed by atoms with Crippen molar-refractivity contribution in [2.75, 3.05) is 7.05 Å². The second kappa shape index (κ2) is 5.43. The molecule has 1 atom stereocenters. The fourth-order valence-electron chi connectivity index (χ4n) is 1.54. The highest BCUT2D eigenvalue weighted by Crippen LogP contribution is 2.25. The number of hydrogen-bond donors (Lipinski definition) is 1. The zero-order valence-electron chi connectivity index (χ0n) is 8.37. The fraction of sp³-hybridized carbons (Fsp3) is 0.273. The minimum absolute atomic E-state index is 0.444. The van der Waals surface area contributed by atoms with Crippen LogP contribution < -0.4 is 5.32 Å². The monoisotopic (exact) mass is 349 g/mol. The van der Waals surface area contributed by atoms with Gasteiger partial charge in [0.1, 0.15) is 0 Å². The van der Waals surface area contributed by atoms with Crippen molar-refractivity contribution in [1.82, 2.24) is 5.32 Å². The van der Waals surface area contributed by atoms with E-state index in [4.69, 9.17) is 0 Å². The molecule has 0 aliphatic carbocycles. The van der Waals surface area contributed by atoms with Crippen molar-refractivity contribution < 1.29 is 0 Å². The third-order valence-electron chi connectivity index (χ3n) is 2.36. The highest BCUT2D eigenvalue weighted by molar-refractivity contribution is 14.1. The van der Waals surface area contributed by atoms with Gasteiger partial charge in [-0.1, -0.05) is 0 Å². The molecule has 15 heavy (non-hydrogen) atoms. The summed E-state index contributed by atoms with van der Waals surface area (Å²) in [4.78, 5) is 0. The van der Waals surface area contributed by atoms with Gasteiger partial charge in [-0.3, -0.25) is 0 Å². The van der Waals surface area contributed by atoms with Crippen LogP contribution in [-0.4, -0.2) is 7.05 Å². The van der Waals surface area contributed by atoms with Crippen LogP contribution in [0.15, 0.2) is 28.3 Å². The summed E-state index contributed by atoms with van der Waals surface area (Å²) in [5.74, 6) is 0. The lowest BCUT2D eigenvalue weighted by Crippen LogP contribution is -2.17. The number of likely N-dealkylation sites (N-methyl/N-ethyl adjacent to an activating group) is 1.